The van der Waals surface area contributed by atoms with Gasteiger partial charge in [0, 0.05) is 18.8 Å². The molecule has 2 rings (SSSR count). The van der Waals surface area contributed by atoms with Crippen LogP contribution in [0, 0.1) is 0 Å². The normalized spacial score (nSPS) is 22.8. The lowest BCUT2D eigenvalue weighted by Gasteiger charge is -2.06. The lowest BCUT2D eigenvalue weighted by Crippen LogP contribution is -2.10. The summed E-state index contributed by atoms with van der Waals surface area (Å²) in [5.41, 5.74) is 1.21. The van der Waals surface area contributed by atoms with Gasteiger partial charge in [-0.25, -0.2) is 0 Å². The smallest absolute Gasteiger partial charge is 0.247 e. The number of H-pyrrole nitrogens is 1. The van der Waals surface area contributed by atoms with E-state index in [0.29, 0.717) is 5.92 Å². The molecule has 3 nitrogen and oxygen atoms in total. The second-order valence-corrected chi connectivity index (χ2v) is 3.18. The molecule has 0 radical (unpaired) electrons. The fraction of sp³-hybridized carbons (Fsp3) is 0.444. The van der Waals surface area contributed by atoms with E-state index in [1.54, 1.807) is 6.07 Å². The van der Waals surface area contributed by atoms with Crippen LogP contribution in [0.1, 0.15) is 17.9 Å². The van der Waals surface area contributed by atoms with E-state index in [-0.39, 0.29) is 5.56 Å². The van der Waals surface area contributed by atoms with Crippen molar-refractivity contribution in [2.45, 2.75) is 12.3 Å². The van der Waals surface area contributed by atoms with Crippen LogP contribution < -0.4 is 10.9 Å². The highest BCUT2D eigenvalue weighted by Crippen LogP contribution is 2.19. The molecular formula is C9H12N2O. The molecule has 0 saturated carbocycles. The van der Waals surface area contributed by atoms with E-state index in [9.17, 15) is 4.79 Å². The number of pyridine rings is 1. The first-order chi connectivity index (χ1) is 5.86. The van der Waals surface area contributed by atoms with Crippen LogP contribution in [0.25, 0.3) is 0 Å². The van der Waals surface area contributed by atoms with E-state index in [1.807, 2.05) is 12.3 Å². The molecule has 0 aliphatic carbocycles. The van der Waals surface area contributed by atoms with Gasteiger partial charge in [-0.15, -0.1) is 0 Å². The highest BCUT2D eigenvalue weighted by atomic mass is 16.1. The summed E-state index contributed by atoms with van der Waals surface area (Å²) in [6.45, 7) is 2.12. The topological polar surface area (TPSA) is 44.9 Å². The van der Waals surface area contributed by atoms with E-state index in [1.165, 1.54) is 12.0 Å². The summed E-state index contributed by atoms with van der Waals surface area (Å²) in [6.07, 6.45) is 2.99. The molecule has 0 amide bonds. The molecule has 1 aromatic heterocycles. The van der Waals surface area contributed by atoms with Gasteiger partial charge in [0.15, 0.2) is 0 Å². The Hall–Kier alpha value is -1.09. The van der Waals surface area contributed by atoms with E-state index >= 15 is 0 Å². The van der Waals surface area contributed by atoms with Crippen LogP contribution in [-0.2, 0) is 0 Å². The van der Waals surface area contributed by atoms with Crippen LogP contribution >= 0.6 is 0 Å². The molecule has 1 aliphatic rings. The third-order valence-electron chi connectivity index (χ3n) is 2.34. The first kappa shape index (κ1) is 7.55. The van der Waals surface area contributed by atoms with Crippen LogP contribution in [0.4, 0.5) is 0 Å². The molecule has 3 heteroatoms. The minimum atomic E-state index is -0.0234. The quantitative estimate of drug-likeness (QED) is 0.633. The van der Waals surface area contributed by atoms with E-state index in [4.69, 9.17) is 0 Å². The summed E-state index contributed by atoms with van der Waals surface area (Å²) in [4.78, 5) is 13.5. The van der Waals surface area contributed by atoms with Gasteiger partial charge in [0.2, 0.25) is 5.56 Å². The van der Waals surface area contributed by atoms with Crippen molar-refractivity contribution in [3.8, 4) is 0 Å². The van der Waals surface area contributed by atoms with Gasteiger partial charge >= 0.3 is 0 Å². The molecule has 2 heterocycles. The summed E-state index contributed by atoms with van der Waals surface area (Å²) in [6, 6.07) is 3.50. The Balaban J connectivity index is 2.22. The first-order valence-electron chi connectivity index (χ1n) is 4.25. The van der Waals surface area contributed by atoms with Crippen LogP contribution in [0.15, 0.2) is 23.1 Å². The largest absolute Gasteiger partial charge is 0.329 e. The van der Waals surface area contributed by atoms with Gasteiger partial charge in [0.25, 0.3) is 0 Å². The van der Waals surface area contributed by atoms with E-state index < -0.39 is 0 Å². The Labute approximate surface area is 70.8 Å². The number of aromatic nitrogens is 1. The van der Waals surface area contributed by atoms with Crippen molar-refractivity contribution in [2.24, 2.45) is 0 Å². The third-order valence-corrected chi connectivity index (χ3v) is 2.34. The Morgan fingerprint density at radius 1 is 1.42 bits per heavy atom. The zero-order chi connectivity index (χ0) is 8.39. The van der Waals surface area contributed by atoms with Crippen molar-refractivity contribution in [2.75, 3.05) is 13.1 Å². The molecule has 12 heavy (non-hydrogen) atoms. The fourth-order valence-electron chi connectivity index (χ4n) is 1.62. The van der Waals surface area contributed by atoms with Gasteiger partial charge in [-0.3, -0.25) is 4.79 Å². The predicted octanol–water partition coefficient (Wildman–Crippen LogP) is 0.452. The molecule has 1 aromatic rings. The van der Waals surface area contributed by atoms with Crippen LogP contribution in [0.2, 0.25) is 0 Å². The molecule has 2 N–H and O–H groups in total. The van der Waals surface area contributed by atoms with Crippen molar-refractivity contribution in [1.29, 1.82) is 0 Å². The van der Waals surface area contributed by atoms with Gasteiger partial charge in [0.05, 0.1) is 0 Å². The van der Waals surface area contributed by atoms with Crippen molar-refractivity contribution in [3.63, 3.8) is 0 Å². The molecule has 1 atom stereocenters. The molecular weight excluding hydrogens is 152 g/mol. The maximum atomic E-state index is 10.8. The molecule has 0 bridgehead atoms. The average molecular weight is 164 g/mol. The average Bonchev–Trinajstić information content (AvgIpc) is 2.58. The van der Waals surface area contributed by atoms with E-state index in [2.05, 4.69) is 10.3 Å². The van der Waals surface area contributed by atoms with Crippen LogP contribution in [0.3, 0.4) is 0 Å². The Kier molecular flexibility index (Phi) is 1.96. The van der Waals surface area contributed by atoms with Crippen LogP contribution in [0.5, 0.6) is 0 Å². The number of aromatic amines is 1. The number of rotatable bonds is 1. The van der Waals surface area contributed by atoms with E-state index in [0.717, 1.165) is 13.1 Å². The van der Waals surface area contributed by atoms with Gasteiger partial charge in [-0.2, -0.15) is 0 Å². The maximum Gasteiger partial charge on any atom is 0.247 e. The highest BCUT2D eigenvalue weighted by molar-refractivity contribution is 5.16. The molecule has 1 aliphatic heterocycles. The summed E-state index contributed by atoms with van der Waals surface area (Å²) in [5, 5.41) is 3.29. The Morgan fingerprint density at radius 2 is 2.33 bits per heavy atom. The molecule has 0 spiro atoms. The minimum Gasteiger partial charge on any atom is -0.329 e. The molecule has 1 unspecified atom stereocenters. The Morgan fingerprint density at radius 3 is 2.92 bits per heavy atom. The van der Waals surface area contributed by atoms with Gasteiger partial charge in [0.1, 0.15) is 0 Å². The zero-order valence-corrected chi connectivity index (χ0v) is 6.84. The lowest BCUT2D eigenvalue weighted by atomic mass is 10.0. The molecule has 64 valence electrons. The molecule has 1 fully saturated rings. The number of hydrogen-bond acceptors (Lipinski definition) is 2. The standard InChI is InChI=1S/C9H12N2O/c12-9-2-1-7(6-11-9)8-3-4-10-5-8/h1-2,6,8,10H,3-5H2,(H,11,12). The summed E-state index contributed by atoms with van der Waals surface area (Å²) in [5.74, 6) is 0.585. The second-order valence-electron chi connectivity index (χ2n) is 3.18. The maximum absolute atomic E-state index is 10.8. The van der Waals surface area contributed by atoms with Crippen LogP contribution in [-0.4, -0.2) is 18.1 Å². The first-order valence-corrected chi connectivity index (χ1v) is 4.25. The summed E-state index contributed by atoms with van der Waals surface area (Å²) < 4.78 is 0. The second kappa shape index (κ2) is 3.11. The molecule has 1 saturated heterocycles. The van der Waals surface area contributed by atoms with Gasteiger partial charge in [-0.1, -0.05) is 6.07 Å². The van der Waals surface area contributed by atoms with Crippen molar-refractivity contribution < 1.29 is 0 Å². The highest BCUT2D eigenvalue weighted by Gasteiger charge is 2.15. The van der Waals surface area contributed by atoms with Crippen molar-refractivity contribution >= 4 is 0 Å². The van der Waals surface area contributed by atoms with Gasteiger partial charge < -0.3 is 10.3 Å². The predicted molar refractivity (Wildman–Crippen MR) is 47.3 cm³/mol. The van der Waals surface area contributed by atoms with Crippen molar-refractivity contribution in [1.82, 2.24) is 10.3 Å². The lowest BCUT2D eigenvalue weighted by molar-refractivity contribution is 0.757. The number of hydrogen-bond donors (Lipinski definition) is 2. The Bertz CT molecular complexity index is 292. The summed E-state index contributed by atoms with van der Waals surface area (Å²) >= 11 is 0. The number of nitrogens with one attached hydrogen (secondary N) is 2. The SMILES string of the molecule is O=c1ccc(C2CCNC2)c[nH]1. The molecule has 0 aromatic carbocycles. The third kappa shape index (κ3) is 1.41. The fourth-order valence-corrected chi connectivity index (χ4v) is 1.62. The minimum absolute atomic E-state index is 0.0234. The van der Waals surface area contributed by atoms with Gasteiger partial charge in [-0.05, 0) is 24.4 Å². The van der Waals surface area contributed by atoms with Crippen molar-refractivity contribution in [3.05, 3.63) is 34.2 Å². The zero-order valence-electron chi connectivity index (χ0n) is 6.84. The monoisotopic (exact) mass is 164 g/mol. The summed E-state index contributed by atoms with van der Waals surface area (Å²) in [7, 11) is 0.